The number of nitrogens with one attached hydrogen (secondary N) is 1. The zero-order valence-corrected chi connectivity index (χ0v) is 14.6. The SMILES string of the molecule is CC(=O)NCC1CCCN(C(=O)c2cc(C)ccc2-n2cnnc2)C1. The van der Waals surface area contributed by atoms with Crippen LogP contribution in [0.4, 0.5) is 0 Å². The van der Waals surface area contributed by atoms with Gasteiger partial charge in [0.2, 0.25) is 5.91 Å². The van der Waals surface area contributed by atoms with Gasteiger partial charge in [-0.05, 0) is 37.8 Å². The average molecular weight is 341 g/mol. The van der Waals surface area contributed by atoms with Crippen molar-refractivity contribution in [2.75, 3.05) is 19.6 Å². The van der Waals surface area contributed by atoms with Gasteiger partial charge in [-0.15, -0.1) is 10.2 Å². The van der Waals surface area contributed by atoms with Gasteiger partial charge in [-0.1, -0.05) is 11.6 Å². The Labute approximate surface area is 147 Å². The van der Waals surface area contributed by atoms with Gasteiger partial charge in [-0.2, -0.15) is 0 Å². The van der Waals surface area contributed by atoms with Crippen molar-refractivity contribution >= 4 is 11.8 Å². The molecule has 1 saturated heterocycles. The summed E-state index contributed by atoms with van der Waals surface area (Å²) < 4.78 is 1.76. The van der Waals surface area contributed by atoms with Gasteiger partial charge in [0.25, 0.3) is 5.91 Å². The van der Waals surface area contributed by atoms with E-state index >= 15 is 0 Å². The number of hydrogen-bond donors (Lipinski definition) is 1. The number of piperidine rings is 1. The normalized spacial score (nSPS) is 17.4. The van der Waals surface area contributed by atoms with Gasteiger partial charge in [0.05, 0.1) is 11.3 Å². The summed E-state index contributed by atoms with van der Waals surface area (Å²) in [4.78, 5) is 26.2. The van der Waals surface area contributed by atoms with Crippen LogP contribution in [0.1, 0.15) is 35.7 Å². The second kappa shape index (κ2) is 7.46. The van der Waals surface area contributed by atoms with Crippen LogP contribution in [0.25, 0.3) is 5.69 Å². The molecule has 1 N–H and O–H groups in total. The molecule has 0 aliphatic carbocycles. The number of nitrogens with zero attached hydrogens (tertiary/aromatic N) is 4. The Kier molecular flexibility index (Phi) is 5.11. The number of carbonyl (C=O) groups is 2. The first-order chi connectivity index (χ1) is 12.0. The summed E-state index contributed by atoms with van der Waals surface area (Å²) in [5.41, 5.74) is 2.47. The highest BCUT2D eigenvalue weighted by molar-refractivity contribution is 5.98. The van der Waals surface area contributed by atoms with Crippen LogP contribution in [0.3, 0.4) is 0 Å². The molecule has 132 valence electrons. The molecule has 1 aromatic heterocycles. The standard InChI is InChI=1S/C18H23N5O2/c1-13-5-6-17(23-11-20-21-12-23)16(8-13)18(25)22-7-3-4-15(10-22)9-19-14(2)24/h5-6,8,11-12,15H,3-4,7,9-10H2,1-2H3,(H,19,24). The fourth-order valence-corrected chi connectivity index (χ4v) is 3.25. The number of aromatic nitrogens is 3. The van der Waals surface area contributed by atoms with Crippen LogP contribution in [0.2, 0.25) is 0 Å². The number of aryl methyl sites for hydroxylation is 1. The maximum Gasteiger partial charge on any atom is 0.256 e. The third-order valence-corrected chi connectivity index (χ3v) is 4.53. The number of benzene rings is 1. The van der Waals surface area contributed by atoms with Crippen molar-refractivity contribution in [1.82, 2.24) is 25.0 Å². The second-order valence-electron chi connectivity index (χ2n) is 6.59. The van der Waals surface area contributed by atoms with Crippen LogP contribution in [0.5, 0.6) is 0 Å². The quantitative estimate of drug-likeness (QED) is 0.915. The fourth-order valence-electron chi connectivity index (χ4n) is 3.25. The monoisotopic (exact) mass is 341 g/mol. The first kappa shape index (κ1) is 17.1. The van der Waals surface area contributed by atoms with Crippen LogP contribution in [-0.2, 0) is 4.79 Å². The summed E-state index contributed by atoms with van der Waals surface area (Å²) >= 11 is 0. The highest BCUT2D eigenvalue weighted by Crippen LogP contribution is 2.22. The number of hydrogen-bond acceptors (Lipinski definition) is 4. The van der Waals surface area contributed by atoms with Crippen molar-refractivity contribution in [1.29, 1.82) is 0 Å². The molecule has 0 radical (unpaired) electrons. The van der Waals surface area contributed by atoms with E-state index in [4.69, 9.17) is 0 Å². The van der Waals surface area contributed by atoms with E-state index < -0.39 is 0 Å². The maximum absolute atomic E-state index is 13.1. The van der Waals surface area contributed by atoms with Gasteiger partial charge in [0, 0.05) is 26.6 Å². The summed E-state index contributed by atoms with van der Waals surface area (Å²) in [5, 5.41) is 10.5. The van der Waals surface area contributed by atoms with Crippen molar-refractivity contribution in [2.24, 2.45) is 5.92 Å². The molecule has 1 atom stereocenters. The molecule has 1 aromatic carbocycles. The Bertz CT molecular complexity index is 757. The third kappa shape index (κ3) is 4.04. The van der Waals surface area contributed by atoms with Crippen LogP contribution in [0, 0.1) is 12.8 Å². The summed E-state index contributed by atoms with van der Waals surface area (Å²) in [6.45, 7) is 5.51. The molecule has 1 fully saturated rings. The molecule has 2 heterocycles. The molecule has 25 heavy (non-hydrogen) atoms. The molecule has 0 spiro atoms. The van der Waals surface area contributed by atoms with Crippen molar-refractivity contribution in [3.63, 3.8) is 0 Å². The number of carbonyl (C=O) groups excluding carboxylic acids is 2. The lowest BCUT2D eigenvalue weighted by Gasteiger charge is -2.33. The smallest absolute Gasteiger partial charge is 0.256 e. The topological polar surface area (TPSA) is 80.1 Å². The van der Waals surface area contributed by atoms with Crippen LogP contribution >= 0.6 is 0 Å². The van der Waals surface area contributed by atoms with Crippen LogP contribution in [-0.4, -0.2) is 51.1 Å². The summed E-state index contributed by atoms with van der Waals surface area (Å²) in [6.07, 6.45) is 5.16. The Hall–Kier alpha value is -2.70. The summed E-state index contributed by atoms with van der Waals surface area (Å²) in [6, 6.07) is 5.81. The lowest BCUT2D eigenvalue weighted by Crippen LogP contribution is -2.43. The zero-order chi connectivity index (χ0) is 17.8. The molecule has 2 amide bonds. The van der Waals surface area contributed by atoms with Crippen molar-refractivity contribution in [3.05, 3.63) is 42.0 Å². The lowest BCUT2D eigenvalue weighted by molar-refractivity contribution is -0.119. The van der Waals surface area contributed by atoms with E-state index in [1.54, 1.807) is 17.2 Å². The second-order valence-corrected chi connectivity index (χ2v) is 6.59. The predicted octanol–water partition coefficient (Wildman–Crippen LogP) is 1.56. The molecule has 7 heteroatoms. The Balaban J connectivity index is 1.80. The summed E-state index contributed by atoms with van der Waals surface area (Å²) in [5.74, 6) is 0.279. The highest BCUT2D eigenvalue weighted by atomic mass is 16.2. The van der Waals surface area contributed by atoms with E-state index in [0.717, 1.165) is 30.6 Å². The van der Waals surface area contributed by atoms with Crippen LogP contribution in [0.15, 0.2) is 30.9 Å². The van der Waals surface area contributed by atoms with E-state index in [2.05, 4.69) is 15.5 Å². The van der Waals surface area contributed by atoms with Crippen molar-refractivity contribution in [3.8, 4) is 5.69 Å². The Morgan fingerprint density at radius 3 is 2.76 bits per heavy atom. The Morgan fingerprint density at radius 2 is 2.04 bits per heavy atom. The third-order valence-electron chi connectivity index (χ3n) is 4.53. The molecule has 2 aromatic rings. The van der Waals surface area contributed by atoms with E-state index in [9.17, 15) is 9.59 Å². The first-order valence-corrected chi connectivity index (χ1v) is 8.54. The first-order valence-electron chi connectivity index (χ1n) is 8.54. The minimum absolute atomic E-state index is 0.0138. The number of amides is 2. The Morgan fingerprint density at radius 1 is 1.28 bits per heavy atom. The minimum Gasteiger partial charge on any atom is -0.356 e. The molecule has 1 aliphatic heterocycles. The maximum atomic E-state index is 13.1. The van der Waals surface area contributed by atoms with E-state index in [1.165, 1.54) is 6.92 Å². The van der Waals surface area contributed by atoms with E-state index in [0.29, 0.717) is 24.6 Å². The molecule has 0 bridgehead atoms. The van der Waals surface area contributed by atoms with Gasteiger partial charge >= 0.3 is 0 Å². The van der Waals surface area contributed by atoms with Crippen molar-refractivity contribution in [2.45, 2.75) is 26.7 Å². The molecule has 1 aliphatic rings. The van der Waals surface area contributed by atoms with Gasteiger partial charge < -0.3 is 10.2 Å². The molecule has 7 nitrogen and oxygen atoms in total. The van der Waals surface area contributed by atoms with Gasteiger partial charge in [0.15, 0.2) is 0 Å². The highest BCUT2D eigenvalue weighted by Gasteiger charge is 2.26. The number of likely N-dealkylation sites (tertiary alicyclic amines) is 1. The molecular formula is C18H23N5O2. The predicted molar refractivity (Wildman–Crippen MR) is 93.4 cm³/mol. The van der Waals surface area contributed by atoms with Crippen molar-refractivity contribution < 1.29 is 9.59 Å². The van der Waals surface area contributed by atoms with Gasteiger partial charge in [-0.3, -0.25) is 14.2 Å². The van der Waals surface area contributed by atoms with E-state index in [-0.39, 0.29) is 11.8 Å². The summed E-state index contributed by atoms with van der Waals surface area (Å²) in [7, 11) is 0. The molecule has 1 unspecified atom stereocenters. The fraction of sp³-hybridized carbons (Fsp3) is 0.444. The average Bonchev–Trinajstić information content (AvgIpc) is 3.14. The zero-order valence-electron chi connectivity index (χ0n) is 14.6. The van der Waals surface area contributed by atoms with E-state index in [1.807, 2.05) is 30.0 Å². The lowest BCUT2D eigenvalue weighted by atomic mass is 9.96. The van der Waals surface area contributed by atoms with Gasteiger partial charge in [0.1, 0.15) is 12.7 Å². The minimum atomic E-state index is -0.0305. The number of rotatable bonds is 4. The van der Waals surface area contributed by atoms with Crippen LogP contribution < -0.4 is 5.32 Å². The molecule has 0 saturated carbocycles. The van der Waals surface area contributed by atoms with Gasteiger partial charge in [-0.25, -0.2) is 0 Å². The molecular weight excluding hydrogens is 318 g/mol. The largest absolute Gasteiger partial charge is 0.356 e. The molecule has 3 rings (SSSR count).